The van der Waals surface area contributed by atoms with Gasteiger partial charge in [-0.3, -0.25) is 9.88 Å². The molecule has 0 bridgehead atoms. The molecule has 140 valence electrons. The second-order valence-corrected chi connectivity index (χ2v) is 7.57. The summed E-state index contributed by atoms with van der Waals surface area (Å²) in [6.07, 6.45) is 5.39. The van der Waals surface area contributed by atoms with Crippen LogP contribution in [0.25, 0.3) is 0 Å². The van der Waals surface area contributed by atoms with Crippen molar-refractivity contribution in [3.63, 3.8) is 0 Å². The van der Waals surface area contributed by atoms with Crippen LogP contribution in [-0.2, 0) is 22.6 Å². The van der Waals surface area contributed by atoms with Crippen LogP contribution >= 0.6 is 0 Å². The maximum atomic E-state index is 6.13. The van der Waals surface area contributed by atoms with E-state index in [-0.39, 0.29) is 11.5 Å². The van der Waals surface area contributed by atoms with Crippen LogP contribution in [0.5, 0.6) is 0 Å². The highest BCUT2D eigenvalue weighted by atomic mass is 16.5. The molecule has 0 aromatic carbocycles. The highest BCUT2D eigenvalue weighted by Crippen LogP contribution is 2.41. The Hall–Kier alpha value is -1.76. The normalized spacial score (nSPS) is 26.6. The van der Waals surface area contributed by atoms with Crippen LogP contribution in [0.1, 0.15) is 36.4 Å². The van der Waals surface area contributed by atoms with Gasteiger partial charge in [0.2, 0.25) is 0 Å². The Labute approximate surface area is 154 Å². The third kappa shape index (κ3) is 3.98. The zero-order valence-corrected chi connectivity index (χ0v) is 15.4. The van der Waals surface area contributed by atoms with Crippen molar-refractivity contribution in [2.24, 2.45) is 5.41 Å². The number of hydrogen-bond acceptors (Lipinski definition) is 6. The lowest BCUT2D eigenvalue weighted by Crippen LogP contribution is -2.56. The fourth-order valence-electron chi connectivity index (χ4n) is 4.29. The molecule has 2 atom stereocenters. The van der Waals surface area contributed by atoms with Crippen molar-refractivity contribution in [2.75, 3.05) is 26.3 Å². The second-order valence-electron chi connectivity index (χ2n) is 7.57. The molecule has 4 heterocycles. The molecule has 0 saturated carbocycles. The Morgan fingerprint density at radius 2 is 2.31 bits per heavy atom. The van der Waals surface area contributed by atoms with Gasteiger partial charge in [-0.25, -0.2) is 0 Å². The molecule has 2 unspecified atom stereocenters. The first-order valence-electron chi connectivity index (χ1n) is 9.47. The number of aromatic nitrogens is 2. The maximum Gasteiger partial charge on any atom is 0.133 e. The predicted molar refractivity (Wildman–Crippen MR) is 96.4 cm³/mol. The molecule has 2 aromatic rings. The van der Waals surface area contributed by atoms with Gasteiger partial charge >= 0.3 is 0 Å². The molecule has 2 aromatic heterocycles. The summed E-state index contributed by atoms with van der Waals surface area (Å²) in [4.78, 5) is 6.82. The van der Waals surface area contributed by atoms with Crippen molar-refractivity contribution in [2.45, 2.75) is 45.4 Å². The third-order valence-electron chi connectivity index (χ3n) is 5.50. The van der Waals surface area contributed by atoms with Gasteiger partial charge in [-0.1, -0.05) is 11.2 Å². The molecule has 0 spiro atoms. The maximum absolute atomic E-state index is 6.13. The van der Waals surface area contributed by atoms with E-state index in [1.165, 1.54) is 0 Å². The first-order valence-corrected chi connectivity index (χ1v) is 9.47. The number of hydrogen-bond donors (Lipinski definition) is 0. The number of fused-ring (bicyclic) bond motifs is 1. The molecule has 0 amide bonds. The van der Waals surface area contributed by atoms with Crippen LogP contribution in [0, 0.1) is 12.3 Å². The first-order chi connectivity index (χ1) is 12.7. The molecule has 2 fully saturated rings. The van der Waals surface area contributed by atoms with E-state index in [0.717, 1.165) is 62.7 Å². The monoisotopic (exact) mass is 357 g/mol. The number of pyridine rings is 1. The van der Waals surface area contributed by atoms with Crippen molar-refractivity contribution in [1.29, 1.82) is 0 Å². The summed E-state index contributed by atoms with van der Waals surface area (Å²) >= 11 is 0. The van der Waals surface area contributed by atoms with E-state index < -0.39 is 0 Å². The number of rotatable bonds is 6. The predicted octanol–water partition coefficient (Wildman–Crippen LogP) is 2.97. The number of likely N-dealkylation sites (tertiary alicyclic amines) is 1. The summed E-state index contributed by atoms with van der Waals surface area (Å²) in [5.74, 6) is 0.865. The average molecular weight is 357 g/mol. The topological polar surface area (TPSA) is 60.6 Å². The van der Waals surface area contributed by atoms with Gasteiger partial charge in [0.1, 0.15) is 5.76 Å². The standard InChI is InChI=1S/C20H27N3O3/c1-16-11-18(22-26-16)12-23-9-6-19-20(14-23,7-4-10-25-19)15-24-13-17-5-2-3-8-21-17/h2-3,5,8,11,19H,4,6-7,9-10,12-15H2,1H3. The Morgan fingerprint density at radius 3 is 3.12 bits per heavy atom. The Morgan fingerprint density at radius 1 is 1.35 bits per heavy atom. The summed E-state index contributed by atoms with van der Waals surface area (Å²) < 4.78 is 17.5. The summed E-state index contributed by atoms with van der Waals surface area (Å²) in [7, 11) is 0. The quantitative estimate of drug-likeness (QED) is 0.792. The molecular formula is C20H27N3O3. The third-order valence-corrected chi connectivity index (χ3v) is 5.50. The van der Waals surface area contributed by atoms with Gasteiger partial charge in [-0.05, 0) is 38.3 Å². The largest absolute Gasteiger partial charge is 0.377 e. The minimum atomic E-state index is 0.0596. The summed E-state index contributed by atoms with van der Waals surface area (Å²) in [6.45, 7) is 6.90. The molecule has 26 heavy (non-hydrogen) atoms. The minimum Gasteiger partial charge on any atom is -0.377 e. The van der Waals surface area contributed by atoms with Crippen LogP contribution in [0.4, 0.5) is 0 Å². The van der Waals surface area contributed by atoms with E-state index in [0.29, 0.717) is 13.2 Å². The lowest BCUT2D eigenvalue weighted by Gasteiger charge is -2.50. The van der Waals surface area contributed by atoms with E-state index in [1.54, 1.807) is 0 Å². The molecule has 0 aliphatic carbocycles. The van der Waals surface area contributed by atoms with Crippen molar-refractivity contribution in [3.8, 4) is 0 Å². The van der Waals surface area contributed by atoms with E-state index in [2.05, 4.69) is 15.0 Å². The van der Waals surface area contributed by atoms with Crippen LogP contribution in [0.3, 0.4) is 0 Å². The molecule has 4 rings (SSSR count). The Balaban J connectivity index is 1.40. The smallest absolute Gasteiger partial charge is 0.133 e. The van der Waals surface area contributed by atoms with Gasteiger partial charge in [0.15, 0.2) is 0 Å². The number of aryl methyl sites for hydroxylation is 1. The van der Waals surface area contributed by atoms with Crippen molar-refractivity contribution in [3.05, 3.63) is 47.6 Å². The van der Waals surface area contributed by atoms with Gasteiger partial charge in [0.05, 0.1) is 30.7 Å². The van der Waals surface area contributed by atoms with E-state index in [9.17, 15) is 0 Å². The minimum absolute atomic E-state index is 0.0596. The van der Waals surface area contributed by atoms with Crippen LogP contribution < -0.4 is 0 Å². The number of piperidine rings is 1. The van der Waals surface area contributed by atoms with Crippen LogP contribution in [0.15, 0.2) is 35.0 Å². The van der Waals surface area contributed by atoms with Crippen molar-refractivity contribution < 1.29 is 14.0 Å². The van der Waals surface area contributed by atoms with Gasteiger partial charge in [-0.2, -0.15) is 0 Å². The zero-order chi connectivity index (χ0) is 17.8. The molecule has 2 aliphatic rings. The molecule has 2 aliphatic heterocycles. The van der Waals surface area contributed by atoms with Crippen LogP contribution in [-0.4, -0.2) is 47.4 Å². The van der Waals surface area contributed by atoms with Gasteiger partial charge < -0.3 is 14.0 Å². The molecule has 0 N–H and O–H groups in total. The number of nitrogens with zero attached hydrogens (tertiary/aromatic N) is 3. The Bertz CT molecular complexity index is 705. The molecule has 6 heteroatoms. The summed E-state index contributed by atoms with van der Waals surface area (Å²) in [5, 5.41) is 4.15. The number of ether oxygens (including phenoxy) is 2. The molecular weight excluding hydrogens is 330 g/mol. The van der Waals surface area contributed by atoms with E-state index in [1.807, 2.05) is 37.4 Å². The Kier molecular flexibility index (Phi) is 5.33. The highest BCUT2D eigenvalue weighted by Gasteiger charge is 2.46. The summed E-state index contributed by atoms with van der Waals surface area (Å²) in [6, 6.07) is 7.96. The first kappa shape index (κ1) is 17.6. The molecule has 2 saturated heterocycles. The van der Waals surface area contributed by atoms with Gasteiger partial charge in [-0.15, -0.1) is 0 Å². The van der Waals surface area contributed by atoms with E-state index >= 15 is 0 Å². The van der Waals surface area contributed by atoms with Crippen molar-refractivity contribution >= 4 is 0 Å². The molecule has 6 nitrogen and oxygen atoms in total. The lowest BCUT2D eigenvalue weighted by atomic mass is 9.73. The zero-order valence-electron chi connectivity index (χ0n) is 15.4. The second kappa shape index (κ2) is 7.86. The average Bonchev–Trinajstić information content (AvgIpc) is 3.07. The fourth-order valence-corrected chi connectivity index (χ4v) is 4.29. The van der Waals surface area contributed by atoms with E-state index in [4.69, 9.17) is 14.0 Å². The summed E-state index contributed by atoms with van der Waals surface area (Å²) in [5.41, 5.74) is 2.04. The SMILES string of the molecule is Cc1cc(CN2CCC3OCCCC3(COCc3ccccn3)C2)no1. The molecule has 0 radical (unpaired) electrons. The fraction of sp³-hybridized carbons (Fsp3) is 0.600. The van der Waals surface area contributed by atoms with Crippen molar-refractivity contribution in [1.82, 2.24) is 15.0 Å². The van der Waals surface area contributed by atoms with Gasteiger partial charge in [0.25, 0.3) is 0 Å². The lowest BCUT2D eigenvalue weighted by molar-refractivity contribution is -0.156. The van der Waals surface area contributed by atoms with Crippen LogP contribution in [0.2, 0.25) is 0 Å². The van der Waals surface area contributed by atoms with Gasteiger partial charge in [0, 0.05) is 43.9 Å². The highest BCUT2D eigenvalue weighted by molar-refractivity contribution is 5.05.